The third-order valence-electron chi connectivity index (χ3n) is 3.16. The maximum Gasteiger partial charge on any atom is 0.264 e. The Balaban J connectivity index is 2.47. The molecule has 6 heteroatoms. The van der Waals surface area contributed by atoms with Gasteiger partial charge in [0.05, 0.1) is 10.6 Å². The fourth-order valence-electron chi connectivity index (χ4n) is 2.05. The molecular weight excluding hydrogens is 291 g/mol. The monoisotopic (exact) mass is 308 g/mol. The van der Waals surface area contributed by atoms with Gasteiger partial charge in [0, 0.05) is 13.1 Å². The van der Waals surface area contributed by atoms with Crippen LogP contribution in [-0.2, 0) is 16.6 Å². The third kappa shape index (κ3) is 3.06. The summed E-state index contributed by atoms with van der Waals surface area (Å²) in [5.41, 5.74) is 6.38. The fraction of sp³-hybridized carbons (Fsp3) is 0.200. The normalized spacial score (nSPS) is 11.4. The molecule has 0 saturated carbocycles. The second-order valence-electron chi connectivity index (χ2n) is 4.47. The Morgan fingerprint density at radius 3 is 2.24 bits per heavy atom. The molecule has 0 bridgehead atoms. The number of anilines is 1. The van der Waals surface area contributed by atoms with E-state index in [1.807, 2.05) is 0 Å². The van der Waals surface area contributed by atoms with E-state index in [1.54, 1.807) is 25.1 Å². The maximum absolute atomic E-state index is 13.9. The summed E-state index contributed by atoms with van der Waals surface area (Å²) in [6, 6.07) is 12.1. The number of sulfonamides is 1. The lowest BCUT2D eigenvalue weighted by Gasteiger charge is -2.23. The lowest BCUT2D eigenvalue weighted by atomic mass is 10.2. The number of hydrogen-bond acceptors (Lipinski definition) is 3. The van der Waals surface area contributed by atoms with E-state index in [1.165, 1.54) is 30.3 Å². The van der Waals surface area contributed by atoms with Gasteiger partial charge in [-0.25, -0.2) is 12.8 Å². The van der Waals surface area contributed by atoms with Crippen LogP contribution in [-0.4, -0.2) is 15.0 Å². The van der Waals surface area contributed by atoms with Crippen molar-refractivity contribution in [1.29, 1.82) is 0 Å². The number of benzene rings is 2. The van der Waals surface area contributed by atoms with Crippen LogP contribution in [0.5, 0.6) is 0 Å². The Morgan fingerprint density at radius 2 is 1.71 bits per heavy atom. The van der Waals surface area contributed by atoms with Crippen molar-refractivity contribution in [3.8, 4) is 0 Å². The molecule has 0 atom stereocenters. The molecule has 0 amide bonds. The van der Waals surface area contributed by atoms with Gasteiger partial charge < -0.3 is 5.73 Å². The van der Waals surface area contributed by atoms with E-state index in [9.17, 15) is 12.8 Å². The second kappa shape index (κ2) is 6.24. The molecule has 0 radical (unpaired) electrons. The first-order valence-electron chi connectivity index (χ1n) is 6.57. The molecule has 0 aromatic heterocycles. The second-order valence-corrected chi connectivity index (χ2v) is 6.33. The number of nitrogens with two attached hydrogens (primary N) is 1. The average Bonchev–Trinajstić information content (AvgIpc) is 2.50. The minimum atomic E-state index is -3.80. The molecule has 0 aliphatic carbocycles. The Bertz CT molecular complexity index is 715. The van der Waals surface area contributed by atoms with Crippen molar-refractivity contribution in [2.75, 3.05) is 10.8 Å². The molecule has 2 rings (SSSR count). The van der Waals surface area contributed by atoms with Crippen molar-refractivity contribution >= 4 is 15.7 Å². The molecule has 0 unspecified atom stereocenters. The highest BCUT2D eigenvalue weighted by molar-refractivity contribution is 7.92. The van der Waals surface area contributed by atoms with Crippen LogP contribution in [0, 0.1) is 5.82 Å². The van der Waals surface area contributed by atoms with Crippen LogP contribution < -0.4 is 10.0 Å². The van der Waals surface area contributed by atoms with Gasteiger partial charge in [-0.2, -0.15) is 0 Å². The summed E-state index contributed by atoms with van der Waals surface area (Å²) in [6.45, 7) is 2.14. The molecule has 0 spiro atoms. The van der Waals surface area contributed by atoms with Gasteiger partial charge in [-0.3, -0.25) is 4.31 Å². The van der Waals surface area contributed by atoms with E-state index in [2.05, 4.69) is 0 Å². The van der Waals surface area contributed by atoms with Gasteiger partial charge in [0.2, 0.25) is 0 Å². The summed E-state index contributed by atoms with van der Waals surface area (Å²) in [5.74, 6) is -0.568. The van der Waals surface area contributed by atoms with Gasteiger partial charge >= 0.3 is 0 Å². The van der Waals surface area contributed by atoms with Crippen molar-refractivity contribution in [3.05, 3.63) is 59.9 Å². The summed E-state index contributed by atoms with van der Waals surface area (Å²) < 4.78 is 40.2. The highest BCUT2D eigenvalue weighted by atomic mass is 32.2. The Morgan fingerprint density at radius 1 is 1.10 bits per heavy atom. The molecule has 2 aromatic rings. The highest BCUT2D eigenvalue weighted by Gasteiger charge is 2.25. The molecule has 21 heavy (non-hydrogen) atoms. The van der Waals surface area contributed by atoms with Crippen LogP contribution in [0.2, 0.25) is 0 Å². The molecule has 0 aliphatic heterocycles. The van der Waals surface area contributed by atoms with E-state index in [0.29, 0.717) is 6.54 Å². The minimum absolute atomic E-state index is 0.0444. The van der Waals surface area contributed by atoms with E-state index in [4.69, 9.17) is 5.73 Å². The quantitative estimate of drug-likeness (QED) is 0.923. The van der Waals surface area contributed by atoms with Gasteiger partial charge in [0.15, 0.2) is 0 Å². The summed E-state index contributed by atoms with van der Waals surface area (Å²) in [6.07, 6.45) is 0. The van der Waals surface area contributed by atoms with E-state index < -0.39 is 15.8 Å². The molecular formula is C15H17FN2O2S. The van der Waals surface area contributed by atoms with Crippen LogP contribution in [0.3, 0.4) is 0 Å². The predicted molar refractivity (Wildman–Crippen MR) is 80.9 cm³/mol. The van der Waals surface area contributed by atoms with E-state index in [0.717, 1.165) is 9.87 Å². The van der Waals surface area contributed by atoms with Gasteiger partial charge in [-0.1, -0.05) is 24.3 Å². The zero-order chi connectivity index (χ0) is 15.5. The average molecular weight is 308 g/mol. The SMILES string of the molecule is CCN(c1ccccc1F)S(=O)(=O)c1ccc(CN)cc1. The first kappa shape index (κ1) is 15.5. The Kier molecular flexibility index (Phi) is 4.59. The van der Waals surface area contributed by atoms with Crippen molar-refractivity contribution in [2.45, 2.75) is 18.4 Å². The highest BCUT2D eigenvalue weighted by Crippen LogP contribution is 2.26. The third-order valence-corrected chi connectivity index (χ3v) is 5.06. The Hall–Kier alpha value is -1.92. The Labute approximate surface area is 124 Å². The van der Waals surface area contributed by atoms with Crippen molar-refractivity contribution < 1.29 is 12.8 Å². The number of nitrogens with zero attached hydrogens (tertiary/aromatic N) is 1. The zero-order valence-corrected chi connectivity index (χ0v) is 12.5. The van der Waals surface area contributed by atoms with Crippen molar-refractivity contribution in [3.63, 3.8) is 0 Å². The fourth-order valence-corrected chi connectivity index (χ4v) is 3.53. The summed E-state index contributed by atoms with van der Waals surface area (Å²) in [4.78, 5) is 0.116. The largest absolute Gasteiger partial charge is 0.326 e. The first-order valence-corrected chi connectivity index (χ1v) is 8.01. The van der Waals surface area contributed by atoms with Gasteiger partial charge in [0.1, 0.15) is 5.82 Å². The molecule has 2 aromatic carbocycles. The lowest BCUT2D eigenvalue weighted by molar-refractivity contribution is 0.586. The zero-order valence-electron chi connectivity index (χ0n) is 11.7. The van der Waals surface area contributed by atoms with Crippen molar-refractivity contribution in [1.82, 2.24) is 0 Å². The topological polar surface area (TPSA) is 63.4 Å². The minimum Gasteiger partial charge on any atom is -0.326 e. The van der Waals surface area contributed by atoms with E-state index >= 15 is 0 Å². The van der Waals surface area contributed by atoms with Crippen LogP contribution in [0.4, 0.5) is 10.1 Å². The van der Waals surface area contributed by atoms with Crippen molar-refractivity contribution in [2.24, 2.45) is 5.73 Å². The molecule has 4 nitrogen and oxygen atoms in total. The van der Waals surface area contributed by atoms with Crippen LogP contribution in [0.15, 0.2) is 53.4 Å². The van der Waals surface area contributed by atoms with Gasteiger partial charge in [-0.15, -0.1) is 0 Å². The smallest absolute Gasteiger partial charge is 0.264 e. The van der Waals surface area contributed by atoms with Crippen LogP contribution in [0.25, 0.3) is 0 Å². The summed E-state index contributed by atoms with van der Waals surface area (Å²) in [5, 5.41) is 0. The standard InChI is InChI=1S/C15H17FN2O2S/c1-2-18(15-6-4-3-5-14(15)16)21(19,20)13-9-7-12(11-17)8-10-13/h3-10H,2,11,17H2,1H3. The van der Waals surface area contributed by atoms with Gasteiger partial charge in [0.25, 0.3) is 10.0 Å². The predicted octanol–water partition coefficient (Wildman–Crippen LogP) is 2.50. The van der Waals surface area contributed by atoms with Crippen LogP contribution in [0.1, 0.15) is 12.5 Å². The first-order chi connectivity index (χ1) is 10.0. The molecule has 112 valence electrons. The number of halogens is 1. The van der Waals surface area contributed by atoms with E-state index in [-0.39, 0.29) is 17.1 Å². The summed E-state index contributed by atoms with van der Waals surface area (Å²) in [7, 11) is -3.80. The van der Waals surface area contributed by atoms with Crippen LogP contribution >= 0.6 is 0 Å². The van der Waals surface area contributed by atoms with Gasteiger partial charge in [-0.05, 0) is 36.8 Å². The lowest BCUT2D eigenvalue weighted by Crippen LogP contribution is -2.31. The number of hydrogen-bond donors (Lipinski definition) is 1. The maximum atomic E-state index is 13.9. The molecule has 0 fully saturated rings. The molecule has 0 heterocycles. The number of rotatable bonds is 5. The molecule has 0 saturated heterocycles. The number of para-hydroxylation sites is 1. The molecule has 0 aliphatic rings. The molecule has 2 N–H and O–H groups in total. The summed E-state index contributed by atoms with van der Waals surface area (Å²) >= 11 is 0.